The molecule has 0 amide bonds. The Morgan fingerprint density at radius 2 is 1.84 bits per heavy atom. The van der Waals surface area contributed by atoms with Crippen LogP contribution in [0.5, 0.6) is 0 Å². The lowest BCUT2D eigenvalue weighted by molar-refractivity contribution is 0.0875. The number of hydrogen-bond donors (Lipinski definition) is 0. The molecular formula is C15H25N3O. The summed E-state index contributed by atoms with van der Waals surface area (Å²) >= 11 is 0. The molecule has 19 heavy (non-hydrogen) atoms. The Labute approximate surface area is 116 Å². The van der Waals surface area contributed by atoms with Crippen LogP contribution in [0.15, 0.2) is 6.07 Å². The highest BCUT2D eigenvalue weighted by atomic mass is 16.1. The lowest BCUT2D eigenvalue weighted by Crippen LogP contribution is -2.46. The van der Waals surface area contributed by atoms with Crippen molar-refractivity contribution >= 4 is 5.78 Å². The average Bonchev–Trinajstić information content (AvgIpc) is 2.67. The number of ketones is 1. The van der Waals surface area contributed by atoms with Gasteiger partial charge in [0.05, 0.1) is 6.54 Å². The Bertz CT molecular complexity index is 456. The zero-order chi connectivity index (χ0) is 14.0. The number of aryl methyl sites for hydroxylation is 1. The third-order valence-electron chi connectivity index (χ3n) is 4.15. The van der Waals surface area contributed by atoms with Crippen LogP contribution < -0.4 is 0 Å². The molecule has 1 aliphatic rings. The molecule has 0 bridgehead atoms. The third kappa shape index (κ3) is 3.07. The third-order valence-corrected chi connectivity index (χ3v) is 4.15. The maximum atomic E-state index is 12.4. The van der Waals surface area contributed by atoms with Crippen LogP contribution >= 0.6 is 0 Å². The second kappa shape index (κ2) is 5.88. The molecule has 2 rings (SSSR count). The molecule has 0 aromatic carbocycles. The van der Waals surface area contributed by atoms with Crippen molar-refractivity contribution in [2.45, 2.75) is 27.3 Å². The molecule has 0 N–H and O–H groups in total. The van der Waals surface area contributed by atoms with Crippen LogP contribution in [0.1, 0.15) is 28.7 Å². The van der Waals surface area contributed by atoms with Crippen LogP contribution in [0, 0.1) is 13.8 Å². The van der Waals surface area contributed by atoms with Crippen molar-refractivity contribution in [1.82, 2.24) is 14.4 Å². The quantitative estimate of drug-likeness (QED) is 0.772. The molecule has 1 aliphatic heterocycles. The van der Waals surface area contributed by atoms with Gasteiger partial charge in [-0.2, -0.15) is 0 Å². The average molecular weight is 263 g/mol. The minimum Gasteiger partial charge on any atom is -0.349 e. The van der Waals surface area contributed by atoms with Gasteiger partial charge in [-0.25, -0.2) is 0 Å². The fraction of sp³-hybridized carbons (Fsp3) is 0.667. The van der Waals surface area contributed by atoms with Gasteiger partial charge >= 0.3 is 0 Å². The Hall–Kier alpha value is -1.13. The summed E-state index contributed by atoms with van der Waals surface area (Å²) in [5.41, 5.74) is 3.19. The minimum atomic E-state index is 0.261. The van der Waals surface area contributed by atoms with Crippen LogP contribution in [0.25, 0.3) is 0 Å². The number of aromatic nitrogens is 1. The molecule has 4 nitrogen and oxygen atoms in total. The zero-order valence-corrected chi connectivity index (χ0v) is 12.6. The van der Waals surface area contributed by atoms with Crippen LogP contribution in [0.3, 0.4) is 0 Å². The first-order valence-corrected chi connectivity index (χ1v) is 7.13. The van der Waals surface area contributed by atoms with Gasteiger partial charge in [-0.05, 0) is 33.9 Å². The van der Waals surface area contributed by atoms with Gasteiger partial charge in [0.25, 0.3) is 0 Å². The van der Waals surface area contributed by atoms with E-state index in [1.165, 1.54) is 5.69 Å². The standard InChI is InChI=1S/C15H25N3O/c1-5-18-12(2)10-14(13(18)3)15(19)11-17-8-6-16(4)7-9-17/h10H,5-9,11H2,1-4H3. The largest absolute Gasteiger partial charge is 0.349 e. The van der Waals surface area contributed by atoms with Crippen molar-refractivity contribution in [3.05, 3.63) is 23.0 Å². The van der Waals surface area contributed by atoms with E-state index in [0.717, 1.165) is 44.0 Å². The Morgan fingerprint density at radius 1 is 1.21 bits per heavy atom. The van der Waals surface area contributed by atoms with E-state index >= 15 is 0 Å². The number of Topliss-reactive ketones (excluding diaryl/α,β-unsaturated/α-hetero) is 1. The van der Waals surface area contributed by atoms with E-state index in [2.05, 4.69) is 35.3 Å². The Kier molecular flexibility index (Phi) is 4.42. The van der Waals surface area contributed by atoms with Crippen molar-refractivity contribution in [1.29, 1.82) is 0 Å². The Morgan fingerprint density at radius 3 is 2.37 bits per heavy atom. The highest BCUT2D eigenvalue weighted by Crippen LogP contribution is 2.16. The highest BCUT2D eigenvalue weighted by molar-refractivity contribution is 5.99. The normalized spacial score (nSPS) is 17.9. The summed E-state index contributed by atoms with van der Waals surface area (Å²) in [5, 5.41) is 0. The summed E-state index contributed by atoms with van der Waals surface area (Å²) in [5.74, 6) is 0.261. The summed E-state index contributed by atoms with van der Waals surface area (Å²) in [6, 6.07) is 2.04. The summed E-state index contributed by atoms with van der Waals surface area (Å²) in [4.78, 5) is 17.0. The predicted octanol–water partition coefficient (Wildman–Crippen LogP) is 1.55. The topological polar surface area (TPSA) is 28.5 Å². The Balaban J connectivity index is 2.04. The van der Waals surface area contributed by atoms with Crippen molar-refractivity contribution < 1.29 is 4.79 Å². The molecule has 0 spiro atoms. The number of piperazine rings is 1. The molecule has 1 aromatic rings. The van der Waals surface area contributed by atoms with Crippen molar-refractivity contribution in [2.24, 2.45) is 0 Å². The number of carbonyl (C=O) groups is 1. The molecule has 4 heteroatoms. The lowest BCUT2D eigenvalue weighted by Gasteiger charge is -2.31. The maximum absolute atomic E-state index is 12.4. The number of likely N-dealkylation sites (N-methyl/N-ethyl adjacent to an activating group) is 1. The monoisotopic (exact) mass is 263 g/mol. The van der Waals surface area contributed by atoms with E-state index < -0.39 is 0 Å². The van der Waals surface area contributed by atoms with E-state index in [-0.39, 0.29) is 5.78 Å². The van der Waals surface area contributed by atoms with Gasteiger partial charge in [-0.1, -0.05) is 0 Å². The van der Waals surface area contributed by atoms with E-state index in [1.54, 1.807) is 0 Å². The summed E-state index contributed by atoms with van der Waals surface area (Å²) in [7, 11) is 2.13. The number of rotatable bonds is 4. The van der Waals surface area contributed by atoms with Gasteiger partial charge in [0.2, 0.25) is 0 Å². The number of nitrogens with zero attached hydrogens (tertiary/aromatic N) is 3. The molecule has 1 fully saturated rings. The van der Waals surface area contributed by atoms with Gasteiger partial charge in [0, 0.05) is 49.7 Å². The number of hydrogen-bond acceptors (Lipinski definition) is 3. The van der Waals surface area contributed by atoms with Crippen molar-refractivity contribution in [3.63, 3.8) is 0 Å². The van der Waals surface area contributed by atoms with E-state index in [0.29, 0.717) is 6.54 Å². The summed E-state index contributed by atoms with van der Waals surface area (Å²) < 4.78 is 2.21. The molecule has 0 atom stereocenters. The fourth-order valence-electron chi connectivity index (χ4n) is 2.86. The highest BCUT2D eigenvalue weighted by Gasteiger charge is 2.20. The molecule has 0 aliphatic carbocycles. The summed E-state index contributed by atoms with van der Waals surface area (Å²) in [6.07, 6.45) is 0. The second-order valence-corrected chi connectivity index (χ2v) is 5.53. The van der Waals surface area contributed by atoms with Crippen LogP contribution in [-0.2, 0) is 6.54 Å². The van der Waals surface area contributed by atoms with Gasteiger partial charge < -0.3 is 9.47 Å². The van der Waals surface area contributed by atoms with E-state index in [1.807, 2.05) is 13.0 Å². The van der Waals surface area contributed by atoms with Crippen LogP contribution in [0.2, 0.25) is 0 Å². The molecule has 2 heterocycles. The molecule has 0 unspecified atom stereocenters. The number of carbonyl (C=O) groups excluding carboxylic acids is 1. The molecular weight excluding hydrogens is 238 g/mol. The van der Waals surface area contributed by atoms with Gasteiger partial charge in [-0.3, -0.25) is 9.69 Å². The SMILES string of the molecule is CCn1c(C)cc(C(=O)CN2CCN(C)CC2)c1C. The van der Waals surface area contributed by atoms with E-state index in [4.69, 9.17) is 0 Å². The fourth-order valence-corrected chi connectivity index (χ4v) is 2.86. The lowest BCUT2D eigenvalue weighted by atomic mass is 10.1. The molecule has 106 valence electrons. The smallest absolute Gasteiger partial charge is 0.178 e. The van der Waals surface area contributed by atoms with Crippen LogP contribution in [0.4, 0.5) is 0 Å². The van der Waals surface area contributed by atoms with Gasteiger partial charge in [0.1, 0.15) is 0 Å². The summed E-state index contributed by atoms with van der Waals surface area (Å²) in [6.45, 7) is 11.8. The van der Waals surface area contributed by atoms with Gasteiger partial charge in [0.15, 0.2) is 5.78 Å². The first-order chi connectivity index (χ1) is 9.02. The molecule has 1 aromatic heterocycles. The van der Waals surface area contributed by atoms with Crippen molar-refractivity contribution in [3.8, 4) is 0 Å². The van der Waals surface area contributed by atoms with Crippen molar-refractivity contribution in [2.75, 3.05) is 39.8 Å². The first kappa shape index (κ1) is 14.3. The first-order valence-electron chi connectivity index (χ1n) is 7.13. The molecule has 0 radical (unpaired) electrons. The van der Waals surface area contributed by atoms with E-state index in [9.17, 15) is 4.79 Å². The molecule has 0 saturated carbocycles. The maximum Gasteiger partial charge on any atom is 0.178 e. The predicted molar refractivity (Wildman–Crippen MR) is 77.8 cm³/mol. The minimum absolute atomic E-state index is 0.261. The zero-order valence-electron chi connectivity index (χ0n) is 12.6. The molecule has 1 saturated heterocycles. The van der Waals surface area contributed by atoms with Crippen LogP contribution in [-0.4, -0.2) is 59.9 Å². The second-order valence-electron chi connectivity index (χ2n) is 5.53. The van der Waals surface area contributed by atoms with Gasteiger partial charge in [-0.15, -0.1) is 0 Å².